The Bertz CT molecular complexity index is 1630. The highest BCUT2D eigenvalue weighted by Gasteiger charge is 2.46. The number of carboxylic acids is 1. The van der Waals surface area contributed by atoms with Crippen molar-refractivity contribution in [2.24, 2.45) is 10.6 Å². The van der Waals surface area contributed by atoms with Crippen LogP contribution in [0.4, 0.5) is 0 Å². The van der Waals surface area contributed by atoms with Gasteiger partial charge >= 0.3 is 5.97 Å². The van der Waals surface area contributed by atoms with Crippen LogP contribution >= 0.6 is 11.3 Å². The number of nitrogens with zero attached hydrogens (tertiary/aromatic N) is 2. The normalized spacial score (nSPS) is 24.0. The number of aliphatic carboxylic acids is 1. The molecule has 3 heterocycles. The van der Waals surface area contributed by atoms with E-state index < -0.39 is 41.4 Å². The van der Waals surface area contributed by atoms with Gasteiger partial charge in [0, 0.05) is 17.5 Å². The van der Waals surface area contributed by atoms with E-state index in [0.717, 1.165) is 22.3 Å². The van der Waals surface area contributed by atoms with Crippen LogP contribution < -0.4 is 10.1 Å². The molecule has 1 aliphatic carbocycles. The van der Waals surface area contributed by atoms with Crippen molar-refractivity contribution in [3.63, 3.8) is 0 Å². The minimum Gasteiger partial charge on any atom is -0.490 e. The number of hydrogen-bond donors (Lipinski definition) is 2. The summed E-state index contributed by atoms with van der Waals surface area (Å²) in [6.45, 7) is 5.83. The van der Waals surface area contributed by atoms with Crippen LogP contribution in [0.5, 0.6) is 5.75 Å². The molecule has 1 aromatic heterocycles. The zero-order valence-corrected chi connectivity index (χ0v) is 24.3. The van der Waals surface area contributed by atoms with Gasteiger partial charge in [-0.3, -0.25) is 9.59 Å². The number of carboxylic acid groups (broad SMARTS) is 1. The van der Waals surface area contributed by atoms with Gasteiger partial charge in [0.05, 0.1) is 11.4 Å². The predicted molar refractivity (Wildman–Crippen MR) is 160 cm³/mol. The van der Waals surface area contributed by atoms with Crippen LogP contribution in [0.15, 0.2) is 65.1 Å². The second-order valence-corrected chi connectivity index (χ2v) is 12.6. The molecule has 0 unspecified atom stereocenters. The van der Waals surface area contributed by atoms with E-state index in [0.29, 0.717) is 21.9 Å². The van der Waals surface area contributed by atoms with E-state index >= 15 is 0 Å². The van der Waals surface area contributed by atoms with E-state index in [-0.39, 0.29) is 19.6 Å². The first-order valence-electron chi connectivity index (χ1n) is 13.8. The third kappa shape index (κ3) is 5.07. The van der Waals surface area contributed by atoms with Crippen LogP contribution in [0.25, 0.3) is 17.2 Å². The summed E-state index contributed by atoms with van der Waals surface area (Å²) in [7, 11) is 0. The van der Waals surface area contributed by atoms with Gasteiger partial charge in [-0.05, 0) is 57.8 Å². The molecule has 10 heteroatoms. The van der Waals surface area contributed by atoms with Gasteiger partial charge in [-0.1, -0.05) is 56.3 Å². The molecular weight excluding hydrogens is 554 g/mol. The van der Waals surface area contributed by atoms with Crippen molar-refractivity contribution >= 4 is 40.9 Å². The van der Waals surface area contributed by atoms with Crippen molar-refractivity contribution in [2.45, 2.75) is 45.4 Å². The Morgan fingerprint density at radius 2 is 1.83 bits per heavy atom. The van der Waals surface area contributed by atoms with Crippen molar-refractivity contribution in [3.8, 4) is 16.9 Å². The largest absolute Gasteiger partial charge is 0.490 e. The quantitative estimate of drug-likeness (QED) is 0.331. The molecule has 1 saturated heterocycles. The van der Waals surface area contributed by atoms with Crippen molar-refractivity contribution in [2.75, 3.05) is 13.2 Å². The second-order valence-electron chi connectivity index (χ2n) is 11.7. The van der Waals surface area contributed by atoms with E-state index in [9.17, 15) is 19.5 Å². The van der Waals surface area contributed by atoms with Gasteiger partial charge in [0.2, 0.25) is 5.91 Å². The maximum absolute atomic E-state index is 13.9. The van der Waals surface area contributed by atoms with Crippen LogP contribution in [0.3, 0.4) is 0 Å². The minimum atomic E-state index is -1.13. The van der Waals surface area contributed by atoms with Crippen molar-refractivity contribution in [1.29, 1.82) is 0 Å². The average Bonchev–Trinajstić information content (AvgIpc) is 3.67. The van der Waals surface area contributed by atoms with Crippen LogP contribution in [0, 0.1) is 5.41 Å². The number of thiophene rings is 1. The lowest BCUT2D eigenvalue weighted by Gasteiger charge is -2.34. The third-order valence-corrected chi connectivity index (χ3v) is 8.71. The SMILES string of the molecule is CC(C)(C)[C@@H]1NC(=O)c2sccc2/C=C/COc2ccc3c(c2)/C(=N\O[C@@H]2C[C@@H](C(=O)O)N(C2)C1=O)c1ccccc1-3. The number of nitrogens with one attached hydrogen (secondary N) is 1. The standard InChI is InChI=1S/C32H31N3O6S/c1-32(2,3)28-30(37)35-17-20(16-25(35)31(38)39)41-34-26-23-9-5-4-8-21(23)22-11-10-19(15-24(22)26)40-13-6-7-18-12-14-42-27(18)29(36)33-28/h4-12,14-15,20,25,28H,13,16-17H2,1-3H3,(H,33,36)(H,38,39)/b7-6+,34-26-/t20-,25+,28-/m1/s1. The zero-order valence-electron chi connectivity index (χ0n) is 23.5. The van der Waals surface area contributed by atoms with Crippen LogP contribution in [-0.4, -0.2) is 64.8 Å². The van der Waals surface area contributed by atoms with Gasteiger partial charge in [0.1, 0.15) is 36.3 Å². The Hall–Kier alpha value is -4.44. The van der Waals surface area contributed by atoms with Crippen LogP contribution in [0.1, 0.15) is 53.6 Å². The molecule has 42 heavy (non-hydrogen) atoms. The first kappa shape index (κ1) is 27.7. The van der Waals surface area contributed by atoms with Gasteiger partial charge in [0.15, 0.2) is 0 Å². The molecule has 2 N–H and O–H groups in total. The lowest BCUT2D eigenvalue weighted by Crippen LogP contribution is -2.56. The van der Waals surface area contributed by atoms with Gasteiger partial charge < -0.3 is 24.9 Å². The maximum atomic E-state index is 13.9. The lowest BCUT2D eigenvalue weighted by atomic mass is 9.85. The Morgan fingerprint density at radius 1 is 1.07 bits per heavy atom. The zero-order chi connectivity index (χ0) is 29.6. The molecule has 0 saturated carbocycles. The molecule has 0 spiro atoms. The molecule has 6 rings (SSSR count). The summed E-state index contributed by atoms with van der Waals surface area (Å²) < 4.78 is 6.03. The summed E-state index contributed by atoms with van der Waals surface area (Å²) in [6.07, 6.45) is 3.08. The fourth-order valence-corrected chi connectivity index (χ4v) is 6.44. The predicted octanol–water partition coefficient (Wildman–Crippen LogP) is 4.80. The topological polar surface area (TPSA) is 118 Å². The number of carbonyl (C=O) groups excluding carboxylic acids is 2. The molecule has 3 aliphatic rings. The number of carbonyl (C=O) groups is 3. The van der Waals surface area contributed by atoms with E-state index in [4.69, 9.17) is 9.57 Å². The first-order valence-corrected chi connectivity index (χ1v) is 14.7. The number of oxime groups is 1. The summed E-state index contributed by atoms with van der Waals surface area (Å²) in [5, 5.41) is 19.3. The smallest absolute Gasteiger partial charge is 0.326 e. The number of amides is 2. The summed E-state index contributed by atoms with van der Waals surface area (Å²) in [5.41, 5.74) is 4.39. The second kappa shape index (κ2) is 10.8. The van der Waals surface area contributed by atoms with Crippen LogP contribution in [-0.2, 0) is 14.4 Å². The number of benzene rings is 2. The maximum Gasteiger partial charge on any atom is 0.326 e. The third-order valence-electron chi connectivity index (χ3n) is 7.78. The Kier molecular flexibility index (Phi) is 7.10. The summed E-state index contributed by atoms with van der Waals surface area (Å²) >= 11 is 1.27. The average molecular weight is 586 g/mol. The van der Waals surface area contributed by atoms with E-state index in [1.54, 1.807) is 0 Å². The molecule has 0 radical (unpaired) electrons. The van der Waals surface area contributed by atoms with Gasteiger partial charge in [-0.2, -0.15) is 0 Å². The Balaban J connectivity index is 1.42. The molecule has 3 aromatic rings. The van der Waals surface area contributed by atoms with Crippen molar-refractivity contribution < 1.29 is 29.1 Å². The minimum absolute atomic E-state index is 0.0275. The molecule has 9 nitrogen and oxygen atoms in total. The number of hydrogen-bond acceptors (Lipinski definition) is 7. The van der Waals surface area contributed by atoms with Gasteiger partial charge in [0.25, 0.3) is 5.91 Å². The lowest BCUT2D eigenvalue weighted by molar-refractivity contribution is -0.150. The van der Waals surface area contributed by atoms with Crippen LogP contribution in [0.2, 0.25) is 0 Å². The van der Waals surface area contributed by atoms with Crippen molar-refractivity contribution in [3.05, 3.63) is 81.6 Å². The molecular formula is C32H31N3O6S. The highest BCUT2D eigenvalue weighted by Crippen LogP contribution is 2.39. The van der Waals surface area contributed by atoms with Gasteiger partial charge in [-0.15, -0.1) is 11.3 Å². The van der Waals surface area contributed by atoms with E-state index in [1.807, 2.05) is 86.8 Å². The Morgan fingerprint density at radius 3 is 2.60 bits per heavy atom. The van der Waals surface area contributed by atoms with Gasteiger partial charge in [-0.25, -0.2) is 4.79 Å². The molecule has 2 aliphatic heterocycles. The molecule has 3 atom stereocenters. The monoisotopic (exact) mass is 585 g/mol. The number of fused-ring (bicyclic) bond motifs is 7. The fraction of sp³-hybridized carbons (Fsp3) is 0.312. The summed E-state index contributed by atoms with van der Waals surface area (Å²) in [6, 6.07) is 13.5. The molecule has 1 fully saturated rings. The summed E-state index contributed by atoms with van der Waals surface area (Å²) in [5.74, 6) is -1.35. The van der Waals surface area contributed by atoms with E-state index in [1.165, 1.54) is 16.2 Å². The highest BCUT2D eigenvalue weighted by molar-refractivity contribution is 7.12. The van der Waals surface area contributed by atoms with Crippen molar-refractivity contribution in [1.82, 2.24) is 10.2 Å². The molecule has 2 amide bonds. The van der Waals surface area contributed by atoms with E-state index in [2.05, 4.69) is 10.5 Å². The summed E-state index contributed by atoms with van der Waals surface area (Å²) in [4.78, 5) is 47.4. The molecule has 4 bridgehead atoms. The highest BCUT2D eigenvalue weighted by atomic mass is 32.1. The fourth-order valence-electron chi connectivity index (χ4n) is 5.66. The molecule has 2 aromatic carbocycles. The Labute approximate surface area is 247 Å². The molecule has 216 valence electrons. The number of rotatable bonds is 1. The first-order chi connectivity index (χ1) is 20.1. The number of ether oxygens (including phenoxy) is 1.